The fraction of sp³-hybridized carbons (Fsp3) is 0.679. The topological polar surface area (TPSA) is 362 Å². The number of pyridine rings is 1. The average Bonchev–Trinajstić information content (AvgIpc) is 1.65. The number of amides is 3. The van der Waals surface area contributed by atoms with Crippen molar-refractivity contribution in [3.8, 4) is 17.5 Å². The third-order valence-corrected chi connectivity index (χ3v) is 24.2. The van der Waals surface area contributed by atoms with Gasteiger partial charge in [-0.3, -0.25) is 28.8 Å². The monoisotopic (exact) mass is 1700 g/mol. The number of carbonyl (C=O) groups is 6. The largest absolute Gasteiger partial charge is 0.540 e. The molecule has 115 heavy (non-hydrogen) atoms. The van der Waals surface area contributed by atoms with E-state index in [0.29, 0.717) is 48.7 Å². The number of imidazole rings is 1. The zero-order valence-electron chi connectivity index (χ0n) is 68.6. The first kappa shape index (κ1) is 93.1. The van der Waals surface area contributed by atoms with Crippen LogP contribution in [0.4, 0.5) is 0 Å². The first-order valence-electron chi connectivity index (χ1n) is 40.5. The third kappa shape index (κ3) is 23.3. The number of aromatic nitrogens is 7. The molecule has 13 rings (SSSR count). The van der Waals surface area contributed by atoms with Gasteiger partial charge in [-0.25, -0.2) is 43.2 Å². The molecule has 31 heteroatoms. The van der Waals surface area contributed by atoms with Gasteiger partial charge in [-0.05, 0) is 147 Å². The molecule has 6 bridgehead atoms. The zero-order valence-corrected chi connectivity index (χ0v) is 72.7. The van der Waals surface area contributed by atoms with E-state index in [1.165, 1.54) is 32.8 Å². The van der Waals surface area contributed by atoms with Crippen LogP contribution in [0, 0.1) is 69.5 Å². The van der Waals surface area contributed by atoms with Crippen LogP contribution in [-0.4, -0.2) is 177 Å². The van der Waals surface area contributed by atoms with Crippen molar-refractivity contribution in [1.82, 2.24) is 48.6 Å². The van der Waals surface area contributed by atoms with Gasteiger partial charge in [0.2, 0.25) is 17.7 Å². The summed E-state index contributed by atoms with van der Waals surface area (Å²) in [7, 11) is 0. The summed E-state index contributed by atoms with van der Waals surface area (Å²) in [6.07, 6.45) is 33.5. The van der Waals surface area contributed by atoms with E-state index in [1.54, 1.807) is 30.3 Å². The van der Waals surface area contributed by atoms with Gasteiger partial charge in [-0.15, -0.1) is 0 Å². The Morgan fingerprint density at radius 2 is 0.896 bits per heavy atom. The molecule has 6 fully saturated rings. The molecule has 625 valence electrons. The summed E-state index contributed by atoms with van der Waals surface area (Å²) >= 11 is 0. The van der Waals surface area contributed by atoms with E-state index in [2.05, 4.69) is 43.7 Å². The van der Waals surface area contributed by atoms with Crippen LogP contribution in [0.2, 0.25) is 0 Å². The first-order valence-corrected chi connectivity index (χ1v) is 40.5. The van der Waals surface area contributed by atoms with Gasteiger partial charge >= 0.3 is 29.6 Å². The molecule has 9 aliphatic rings. The molecule has 0 unspecified atom stereocenters. The third-order valence-electron chi connectivity index (χ3n) is 24.2. The van der Waals surface area contributed by atoms with Crippen molar-refractivity contribution in [2.24, 2.45) is 81.0 Å². The first-order chi connectivity index (χ1) is 53.3. The Morgan fingerprint density at radius 1 is 0.478 bits per heavy atom. The molecule has 3 aliphatic carbocycles. The van der Waals surface area contributed by atoms with Crippen LogP contribution >= 0.6 is 0 Å². The minimum Gasteiger partial charge on any atom is -0.540 e. The van der Waals surface area contributed by atoms with Crippen molar-refractivity contribution >= 4 is 72.3 Å². The maximum Gasteiger partial charge on any atom is 0.353 e. The smallest absolute Gasteiger partial charge is 0.353 e. The molecule has 4 aromatic heterocycles. The van der Waals surface area contributed by atoms with E-state index in [-0.39, 0.29) is 178 Å². The van der Waals surface area contributed by atoms with Gasteiger partial charge in [0.15, 0.2) is 17.4 Å². The van der Waals surface area contributed by atoms with E-state index < -0.39 is 75.9 Å². The molecular weight excluding hydrogens is 1590 g/mol. The van der Waals surface area contributed by atoms with Crippen LogP contribution in [0.3, 0.4) is 0 Å². The minimum atomic E-state index is -0.867. The van der Waals surface area contributed by atoms with Gasteiger partial charge in [-0.1, -0.05) is 140 Å². The molecular formula is C84H115N12O16V3-3. The average molecular weight is 1700 g/mol. The van der Waals surface area contributed by atoms with Gasteiger partial charge in [0.1, 0.15) is 48.0 Å². The summed E-state index contributed by atoms with van der Waals surface area (Å²) < 4.78 is 39.8. The van der Waals surface area contributed by atoms with Crippen molar-refractivity contribution < 1.29 is 127 Å². The Kier molecular flexibility index (Phi) is 32.7. The van der Waals surface area contributed by atoms with Crippen LogP contribution in [-0.2, 0) is 132 Å². The molecule has 4 N–H and O–H groups in total. The molecule has 3 saturated heterocycles. The number of hydrogen-bond acceptors (Lipinski definition) is 23. The summed E-state index contributed by atoms with van der Waals surface area (Å²) in [6.45, 7) is 23.9. The molecule has 6 aliphatic heterocycles. The SMILES string of the molecule is C[C@@H]1[C@@H]2CN(C(=O)[C@H](C(C)(C)C)CC(=O)O[C@@H]3C[C@H]3CCCCCc3cn4ccnc4cc3O2)[C@@H]1[C-]=O.C[C@@H]1[C@@H]2CN(C(=O)[C@H](C(C)(C)C)CC(=O)O[C@@H]3C[C@H]3CCCCCc3nc(C=CN)ncc3O2)[C@@H]1[C-]=O.C[C@@H]1[C@@H]2CN(C(=O)[C@H](C(C)(C)C)CC(=O)O[C@@H]3C[C@H]3CCCCCn3c(nc(C=CN)nc3=O)O2)[C@@H]1[C-]=O.[V].[V].[V]. The fourth-order valence-corrected chi connectivity index (χ4v) is 16.7. The number of esters is 3. The zero-order chi connectivity index (χ0) is 80.7. The second-order valence-electron chi connectivity index (χ2n) is 35.6. The summed E-state index contributed by atoms with van der Waals surface area (Å²) in [6, 6.07) is -0.335. The standard InChI is InChI=1S/C29H38N3O5.C28H39N4O5.C27H38N5O6.3V/c1-18-22(17-33)32-16-25(18)36-24-14-26-30-10-11-31(26)15-20(24)9-7-5-6-8-19-12-23(19)37-27(34)13-21(28(32)35)29(2,3)4;1-17-21(16-33)32-15-24(17)36-23-14-30-25(10-11-29)31-20(23)9-7-5-6-8-18-12-22(18)37-26(34)13-19(27(32)35)28(2,3)4;1-16-19(15-33)32-14-21(16)38-26-30-22(9-10-28)29-25(36)31(26)11-7-5-6-8-17-12-20(17)37-23(34)13-18(24(32)35)27(2,3)4;;;/h10-11,14-15,18-19,21-23,25H,5-9,12-13,16H2,1-4H3;10-11,14,17-19,21-22,24H,5-9,12-13,15,29H2,1-4H3;9-10,16-21H,5-8,11-14,28H2,1-4H3;;;/q3*-1;;;/t18-,19+,21+,22+,23+,25-;17-,18+,19+,21+,22+,24-;16-,17+,18+,19+,20+,21-;;;/m000.../s1. The van der Waals surface area contributed by atoms with E-state index in [0.717, 1.165) is 119 Å². The maximum absolute atomic E-state index is 13.9. The van der Waals surface area contributed by atoms with Crippen LogP contribution in [0.25, 0.3) is 17.8 Å². The van der Waals surface area contributed by atoms with Gasteiger partial charge in [-0.2, -0.15) is 9.97 Å². The molecule has 0 aromatic carbocycles. The Bertz CT molecular complexity index is 4190. The minimum absolute atomic E-state index is 0. The van der Waals surface area contributed by atoms with Crippen LogP contribution in [0.1, 0.15) is 222 Å². The molecule has 4 aromatic rings. The van der Waals surface area contributed by atoms with Crippen LogP contribution < -0.4 is 31.4 Å². The summed E-state index contributed by atoms with van der Waals surface area (Å²) in [5.41, 5.74) is 11.7. The van der Waals surface area contributed by atoms with E-state index >= 15 is 0 Å². The Hall–Kier alpha value is -7.36. The van der Waals surface area contributed by atoms with E-state index in [9.17, 15) is 47.9 Å². The van der Waals surface area contributed by atoms with Crippen molar-refractivity contribution in [3.05, 3.63) is 76.6 Å². The summed E-state index contributed by atoms with van der Waals surface area (Å²) in [4.78, 5) is 155. The number of nitrogens with zero attached hydrogens (tertiary/aromatic N) is 10. The summed E-state index contributed by atoms with van der Waals surface area (Å²) in [5, 5.41) is 0. The number of nitrogens with two attached hydrogens (primary N) is 2. The molecule has 28 nitrogen and oxygen atoms in total. The number of carbonyl (C=O) groups excluding carboxylic acids is 9. The number of aryl methyl sites for hydroxylation is 2. The normalized spacial score (nSPS) is 30.5. The molecule has 18 atom stereocenters. The van der Waals surface area contributed by atoms with Crippen molar-refractivity contribution in [3.63, 3.8) is 0 Å². The number of fused-ring (bicyclic) bond motifs is 13. The van der Waals surface area contributed by atoms with Crippen molar-refractivity contribution in [2.45, 2.75) is 273 Å². The molecule has 3 radical (unpaired) electrons. The number of rotatable bonds is 5. The van der Waals surface area contributed by atoms with Crippen LogP contribution in [0.15, 0.2) is 48.0 Å². The van der Waals surface area contributed by atoms with Gasteiger partial charge in [0, 0.05) is 92.4 Å². The van der Waals surface area contributed by atoms with Gasteiger partial charge in [0.05, 0.1) is 68.5 Å². The molecule has 3 saturated carbocycles. The summed E-state index contributed by atoms with van der Waals surface area (Å²) in [5.74, 6) is -1.64. The van der Waals surface area contributed by atoms with Gasteiger partial charge < -0.3 is 73.4 Å². The molecule has 0 spiro atoms. The molecule has 10 heterocycles. The second kappa shape index (κ2) is 40.4. The number of hydrogen-bond donors (Lipinski definition) is 2. The van der Waals surface area contributed by atoms with Crippen LogP contribution in [0.5, 0.6) is 17.5 Å². The number of ether oxygens (including phenoxy) is 6. The Labute approximate surface area is 711 Å². The maximum atomic E-state index is 13.9. The molecule has 3 amide bonds. The second-order valence-corrected chi connectivity index (χ2v) is 35.6. The van der Waals surface area contributed by atoms with Crippen molar-refractivity contribution in [2.75, 3.05) is 19.6 Å². The predicted octanol–water partition coefficient (Wildman–Crippen LogP) is 9.17. The van der Waals surface area contributed by atoms with Gasteiger partial charge in [0.25, 0.3) is 0 Å². The van der Waals surface area contributed by atoms with E-state index in [1.807, 2.05) is 99.1 Å². The Morgan fingerprint density at radius 3 is 1.33 bits per heavy atom. The van der Waals surface area contributed by atoms with Crippen molar-refractivity contribution in [1.29, 1.82) is 0 Å². The predicted molar refractivity (Wildman–Crippen MR) is 414 cm³/mol. The quantitative estimate of drug-likeness (QED) is 0.107. The fourth-order valence-electron chi connectivity index (χ4n) is 16.7. The Balaban J connectivity index is 0.000000213. The van der Waals surface area contributed by atoms with E-state index in [4.69, 9.17) is 39.9 Å².